The Bertz CT molecular complexity index is 1340. The van der Waals surface area contributed by atoms with Crippen molar-refractivity contribution in [3.05, 3.63) is 64.7 Å². The van der Waals surface area contributed by atoms with Gasteiger partial charge in [0.1, 0.15) is 11.5 Å². The second-order valence-corrected chi connectivity index (χ2v) is 10.8. The molecule has 1 amide bonds. The number of halogens is 1. The van der Waals surface area contributed by atoms with Gasteiger partial charge in [0.2, 0.25) is 19.4 Å². The van der Waals surface area contributed by atoms with Crippen LogP contribution in [0.15, 0.2) is 64.2 Å². The summed E-state index contributed by atoms with van der Waals surface area (Å²) < 4.78 is 34.6. The summed E-state index contributed by atoms with van der Waals surface area (Å²) in [6, 6.07) is 14.2. The largest absolute Gasteiger partial charge is 0.493 e. The molecule has 2 aromatic rings. The van der Waals surface area contributed by atoms with Crippen LogP contribution in [0, 0.1) is 5.41 Å². The van der Waals surface area contributed by atoms with Crippen LogP contribution in [0.25, 0.3) is 6.08 Å². The summed E-state index contributed by atoms with van der Waals surface area (Å²) >= 11 is 6.80. The third-order valence-electron chi connectivity index (χ3n) is 4.60. The smallest absolute Gasteiger partial charge is 0.283 e. The quantitative estimate of drug-likeness (QED) is 0.437. The number of carbonyl (C=O) groups is 1. The Balaban J connectivity index is 1.34. The van der Waals surface area contributed by atoms with Crippen molar-refractivity contribution in [1.82, 2.24) is 5.01 Å². The van der Waals surface area contributed by atoms with Crippen molar-refractivity contribution in [3.8, 4) is 11.5 Å². The topological polar surface area (TPSA) is 121 Å². The predicted molar refractivity (Wildman–Crippen MR) is 133 cm³/mol. The summed E-state index contributed by atoms with van der Waals surface area (Å²) in [6.07, 6.45) is 3.17. The van der Waals surface area contributed by atoms with Crippen LogP contribution in [0.2, 0.25) is 5.02 Å². The van der Waals surface area contributed by atoms with Crippen LogP contribution in [-0.2, 0) is 14.6 Å². The number of para-hydroxylation sites is 1. The molecule has 34 heavy (non-hydrogen) atoms. The molecular weight excluding hydrogens is 500 g/mol. The third kappa shape index (κ3) is 5.49. The van der Waals surface area contributed by atoms with Crippen LogP contribution in [-0.4, -0.2) is 54.2 Å². The first kappa shape index (κ1) is 24.0. The van der Waals surface area contributed by atoms with Crippen LogP contribution in [0.5, 0.6) is 11.5 Å². The maximum Gasteiger partial charge on any atom is 0.283 e. The number of fused-ring (bicyclic) bond motifs is 1. The van der Waals surface area contributed by atoms with E-state index >= 15 is 0 Å². The SMILES string of the molecule is CS(=O)(=O)C1=NN2C(=N)/C(=C\c3ccc(OCCCOc4ccccc4Cl)cc3)C(=O)N=C2S1. The number of nitrogens with one attached hydrogen (secondary N) is 1. The Morgan fingerprint density at radius 3 is 2.53 bits per heavy atom. The lowest BCUT2D eigenvalue weighted by atomic mass is 10.1. The highest BCUT2D eigenvalue weighted by Gasteiger charge is 2.38. The molecular formula is C22H19ClN4O5S2. The number of aliphatic imine (C=N–C) groups is 1. The highest BCUT2D eigenvalue weighted by atomic mass is 35.5. The zero-order chi connectivity index (χ0) is 24.3. The summed E-state index contributed by atoms with van der Waals surface area (Å²) in [5.74, 6) is 0.405. The van der Waals surface area contributed by atoms with E-state index in [9.17, 15) is 13.2 Å². The normalized spacial score (nSPS) is 16.9. The fourth-order valence-corrected chi connectivity index (χ4v) is 4.82. The number of hydrogen-bond donors (Lipinski definition) is 1. The number of sulfone groups is 1. The highest BCUT2D eigenvalue weighted by molar-refractivity contribution is 8.42. The van der Waals surface area contributed by atoms with E-state index in [1.165, 1.54) is 6.08 Å². The number of hydrazone groups is 1. The number of amidine groups is 2. The first-order chi connectivity index (χ1) is 16.2. The summed E-state index contributed by atoms with van der Waals surface area (Å²) in [7, 11) is -3.58. The van der Waals surface area contributed by atoms with Crippen molar-refractivity contribution >= 4 is 60.6 Å². The van der Waals surface area contributed by atoms with E-state index < -0.39 is 15.7 Å². The van der Waals surface area contributed by atoms with Gasteiger partial charge in [-0.15, -0.1) is 5.10 Å². The summed E-state index contributed by atoms with van der Waals surface area (Å²) in [6.45, 7) is 0.901. The van der Waals surface area contributed by atoms with Gasteiger partial charge in [-0.2, -0.15) is 10.0 Å². The van der Waals surface area contributed by atoms with Crippen molar-refractivity contribution in [2.45, 2.75) is 6.42 Å². The van der Waals surface area contributed by atoms with E-state index in [4.69, 9.17) is 26.5 Å². The third-order valence-corrected chi connectivity index (χ3v) is 7.49. The van der Waals surface area contributed by atoms with Crippen LogP contribution < -0.4 is 9.47 Å². The molecule has 0 saturated carbocycles. The van der Waals surface area contributed by atoms with Crippen LogP contribution in [0.1, 0.15) is 12.0 Å². The molecule has 12 heteroatoms. The zero-order valence-corrected chi connectivity index (χ0v) is 20.3. The molecule has 2 aromatic carbocycles. The minimum Gasteiger partial charge on any atom is -0.493 e. The molecule has 9 nitrogen and oxygen atoms in total. The summed E-state index contributed by atoms with van der Waals surface area (Å²) in [4.78, 5) is 16.3. The number of thioether (sulfide) groups is 1. The lowest BCUT2D eigenvalue weighted by Crippen LogP contribution is -2.35. The lowest BCUT2D eigenvalue weighted by molar-refractivity contribution is -0.114. The Labute approximate surface area is 205 Å². The summed E-state index contributed by atoms with van der Waals surface area (Å²) in [5.41, 5.74) is 0.661. The molecule has 4 rings (SSSR count). The highest BCUT2D eigenvalue weighted by Crippen LogP contribution is 2.30. The van der Waals surface area contributed by atoms with Gasteiger partial charge in [0, 0.05) is 12.7 Å². The molecule has 2 aliphatic heterocycles. The molecule has 0 aromatic heterocycles. The molecule has 0 bridgehead atoms. The fraction of sp³-hybridized carbons (Fsp3) is 0.182. The second kappa shape index (κ2) is 10.00. The second-order valence-electron chi connectivity index (χ2n) is 7.21. The Morgan fingerprint density at radius 2 is 1.82 bits per heavy atom. The van der Waals surface area contributed by atoms with Gasteiger partial charge in [-0.05, 0) is 47.7 Å². The van der Waals surface area contributed by atoms with E-state index in [-0.39, 0.29) is 21.0 Å². The Morgan fingerprint density at radius 1 is 1.12 bits per heavy atom. The first-order valence-electron chi connectivity index (χ1n) is 10.0. The number of nitrogens with zero attached hydrogens (tertiary/aromatic N) is 3. The van der Waals surface area contributed by atoms with Gasteiger partial charge in [-0.3, -0.25) is 10.2 Å². The van der Waals surface area contributed by atoms with E-state index in [0.717, 1.165) is 23.0 Å². The van der Waals surface area contributed by atoms with E-state index in [1.54, 1.807) is 36.4 Å². The van der Waals surface area contributed by atoms with Gasteiger partial charge in [0.05, 0.1) is 23.8 Å². The first-order valence-corrected chi connectivity index (χ1v) is 13.1. The molecule has 176 valence electrons. The van der Waals surface area contributed by atoms with E-state index in [2.05, 4.69) is 10.1 Å². The molecule has 0 aliphatic carbocycles. The minimum absolute atomic E-state index is 0.00763. The number of carbonyl (C=O) groups excluding carboxylic acids is 1. The van der Waals surface area contributed by atoms with Crippen molar-refractivity contribution < 1.29 is 22.7 Å². The molecule has 2 aliphatic rings. The average molecular weight is 519 g/mol. The van der Waals surface area contributed by atoms with Crippen molar-refractivity contribution in [3.63, 3.8) is 0 Å². The summed E-state index contributed by atoms with van der Waals surface area (Å²) in [5, 5.41) is 13.9. The minimum atomic E-state index is -3.58. The fourth-order valence-electron chi connectivity index (χ4n) is 2.94. The average Bonchev–Trinajstić information content (AvgIpc) is 3.23. The van der Waals surface area contributed by atoms with Crippen LogP contribution >= 0.6 is 23.4 Å². The Kier molecular flexibility index (Phi) is 7.05. The van der Waals surface area contributed by atoms with Crippen molar-refractivity contribution in [1.29, 1.82) is 5.41 Å². The maximum atomic E-state index is 12.4. The van der Waals surface area contributed by atoms with Gasteiger partial charge in [0.25, 0.3) is 5.91 Å². The molecule has 0 unspecified atom stereocenters. The predicted octanol–water partition coefficient (Wildman–Crippen LogP) is 3.81. The monoisotopic (exact) mass is 518 g/mol. The van der Waals surface area contributed by atoms with Crippen molar-refractivity contribution in [2.75, 3.05) is 19.5 Å². The molecule has 0 radical (unpaired) electrons. The van der Waals surface area contributed by atoms with Gasteiger partial charge >= 0.3 is 0 Å². The lowest BCUT2D eigenvalue weighted by Gasteiger charge is -2.20. The molecule has 0 spiro atoms. The molecule has 0 saturated heterocycles. The molecule has 0 fully saturated rings. The number of hydrogen-bond acceptors (Lipinski definition) is 8. The standard InChI is InChI=1S/C22H19ClN4O5S2/c1-34(29,30)22-26-27-19(24)16(20(28)25-21(27)33-22)13-14-7-9-15(10-8-14)31-11-4-12-32-18-6-3-2-5-17(18)23/h2-3,5-10,13,24H,4,11-12H2,1H3/b16-13+,24-19?. The van der Waals surface area contributed by atoms with Crippen LogP contribution in [0.4, 0.5) is 0 Å². The van der Waals surface area contributed by atoms with Crippen molar-refractivity contribution in [2.24, 2.45) is 10.1 Å². The van der Waals surface area contributed by atoms with E-state index in [1.807, 2.05) is 12.1 Å². The van der Waals surface area contributed by atoms with E-state index in [0.29, 0.717) is 41.7 Å². The number of amides is 1. The Hall–Kier alpha value is -3.15. The van der Waals surface area contributed by atoms with Gasteiger partial charge in [-0.25, -0.2) is 8.42 Å². The zero-order valence-electron chi connectivity index (χ0n) is 17.9. The van der Waals surface area contributed by atoms with Gasteiger partial charge in [0.15, 0.2) is 5.84 Å². The van der Waals surface area contributed by atoms with Gasteiger partial charge < -0.3 is 9.47 Å². The molecule has 2 heterocycles. The van der Waals surface area contributed by atoms with Gasteiger partial charge in [-0.1, -0.05) is 35.9 Å². The number of benzene rings is 2. The molecule has 0 atom stereocenters. The van der Waals surface area contributed by atoms with Crippen LogP contribution in [0.3, 0.4) is 0 Å². The maximum absolute atomic E-state index is 12.4. The number of ether oxygens (including phenoxy) is 2. The molecule has 1 N–H and O–H groups in total. The number of rotatable bonds is 7.